The molecule has 2 aliphatic rings. The fraction of sp³-hybridized carbons (Fsp3) is 0.250. The predicted molar refractivity (Wildman–Crippen MR) is 107 cm³/mol. The molecule has 0 unspecified atom stereocenters. The molecule has 3 aromatic rings. The summed E-state index contributed by atoms with van der Waals surface area (Å²) >= 11 is 0. The minimum atomic E-state index is -0.414. The second kappa shape index (κ2) is 7.21. The Bertz CT molecular complexity index is 1200. The van der Waals surface area contributed by atoms with E-state index in [0.29, 0.717) is 40.3 Å². The van der Waals surface area contributed by atoms with E-state index in [1.807, 2.05) is 0 Å². The van der Waals surface area contributed by atoms with Crippen molar-refractivity contribution in [2.75, 3.05) is 10.6 Å². The third kappa shape index (κ3) is 3.59. The first-order valence-electron chi connectivity index (χ1n) is 9.61. The molecule has 2 amide bonds. The molecule has 2 aromatic heterocycles. The average Bonchev–Trinajstić information content (AvgIpc) is 3.36. The molecule has 1 aliphatic carbocycles. The maximum absolute atomic E-state index is 13.9. The lowest BCUT2D eigenvalue weighted by Gasteiger charge is -2.10. The number of hydrogen-bond donors (Lipinski definition) is 3. The third-order valence-corrected chi connectivity index (χ3v) is 4.93. The highest BCUT2D eigenvalue weighted by Gasteiger charge is 2.26. The first kappa shape index (κ1) is 18.2. The van der Waals surface area contributed by atoms with Gasteiger partial charge in [0.05, 0.1) is 12.6 Å². The molecular weight excluding hydrogens is 389 g/mol. The van der Waals surface area contributed by atoms with Crippen LogP contribution in [-0.4, -0.2) is 37.4 Å². The fourth-order valence-electron chi connectivity index (χ4n) is 3.20. The Kier molecular flexibility index (Phi) is 4.38. The highest BCUT2D eigenvalue weighted by Crippen LogP contribution is 2.26. The van der Waals surface area contributed by atoms with E-state index in [1.165, 1.54) is 6.07 Å². The van der Waals surface area contributed by atoms with Crippen LogP contribution >= 0.6 is 0 Å². The summed E-state index contributed by atoms with van der Waals surface area (Å²) in [5, 5.41) is 13.0. The molecule has 0 atom stereocenters. The van der Waals surface area contributed by atoms with Crippen LogP contribution in [0.1, 0.15) is 30.4 Å². The molecule has 30 heavy (non-hydrogen) atoms. The van der Waals surface area contributed by atoms with E-state index in [-0.39, 0.29) is 24.7 Å². The van der Waals surface area contributed by atoms with Crippen LogP contribution in [0.4, 0.5) is 16.3 Å². The number of aromatic nitrogens is 4. The van der Waals surface area contributed by atoms with Crippen molar-refractivity contribution in [2.24, 2.45) is 0 Å². The van der Waals surface area contributed by atoms with Crippen molar-refractivity contribution in [1.82, 2.24) is 24.9 Å². The molecule has 152 valence electrons. The van der Waals surface area contributed by atoms with E-state index < -0.39 is 5.91 Å². The van der Waals surface area contributed by atoms with Crippen LogP contribution in [0.5, 0.6) is 0 Å². The number of fused-ring (bicyclic) bond motifs is 1. The fourth-order valence-corrected chi connectivity index (χ4v) is 3.20. The Morgan fingerprint density at radius 2 is 2.07 bits per heavy atom. The Morgan fingerprint density at radius 3 is 2.80 bits per heavy atom. The third-order valence-electron chi connectivity index (χ3n) is 4.93. The summed E-state index contributed by atoms with van der Waals surface area (Å²) in [5.74, 6) is -0.242. The van der Waals surface area contributed by atoms with Crippen LogP contribution in [0.15, 0.2) is 36.0 Å². The number of imide groups is 1. The largest absolute Gasteiger partial charge is 0.351 e. The van der Waals surface area contributed by atoms with E-state index in [0.717, 1.165) is 12.8 Å². The Hall–Kier alpha value is -3.82. The number of halogens is 1. The summed E-state index contributed by atoms with van der Waals surface area (Å²) in [4.78, 5) is 32.4. The topological polar surface area (TPSA) is 113 Å². The van der Waals surface area contributed by atoms with Crippen molar-refractivity contribution >= 4 is 35.4 Å². The maximum atomic E-state index is 13.9. The Labute approximate surface area is 170 Å². The lowest BCUT2D eigenvalue weighted by atomic mass is 10.1. The van der Waals surface area contributed by atoms with E-state index in [9.17, 15) is 14.0 Å². The molecule has 0 bridgehead atoms. The first-order chi connectivity index (χ1) is 14.6. The average molecular weight is 407 g/mol. The Balaban J connectivity index is 1.51. The van der Waals surface area contributed by atoms with E-state index in [1.54, 1.807) is 35.0 Å². The highest BCUT2D eigenvalue weighted by molar-refractivity contribution is 6.15. The van der Waals surface area contributed by atoms with Gasteiger partial charge in [0.15, 0.2) is 5.65 Å². The van der Waals surface area contributed by atoms with Crippen LogP contribution in [-0.2, 0) is 16.1 Å². The molecule has 0 radical (unpaired) electrons. The van der Waals surface area contributed by atoms with Crippen molar-refractivity contribution < 1.29 is 14.0 Å². The minimum absolute atomic E-state index is 0.0207. The number of carbonyl (C=O) groups excluding carboxylic acids is 2. The van der Waals surface area contributed by atoms with Gasteiger partial charge in [0, 0.05) is 29.3 Å². The number of carbonyl (C=O) groups is 2. The second-order valence-electron chi connectivity index (χ2n) is 7.29. The number of amides is 2. The van der Waals surface area contributed by atoms with Gasteiger partial charge in [-0.2, -0.15) is 19.6 Å². The standard InChI is InChI=1S/C20H18FN7O2/c21-15-4-2-1-3-11(15)9-22-19-26-17-13(7-12-8-16(29)25-18(12)30)10-23-28(17)20(27-19)24-14-5-6-14/h1-4,7,10,14H,5-6,8-9H2,(H,25,29,30)(H2,22,24,26,27)/b12-7+. The first-order valence-corrected chi connectivity index (χ1v) is 9.61. The van der Waals surface area contributed by atoms with Gasteiger partial charge in [0.25, 0.3) is 5.91 Å². The van der Waals surface area contributed by atoms with Crippen LogP contribution < -0.4 is 16.0 Å². The van der Waals surface area contributed by atoms with Gasteiger partial charge in [-0.05, 0) is 25.0 Å². The molecule has 1 saturated heterocycles. The molecular formula is C20H18FN7O2. The smallest absolute Gasteiger partial charge is 0.254 e. The van der Waals surface area contributed by atoms with Crippen molar-refractivity contribution in [1.29, 1.82) is 0 Å². The molecule has 1 saturated carbocycles. The van der Waals surface area contributed by atoms with Crippen LogP contribution in [0.3, 0.4) is 0 Å². The van der Waals surface area contributed by atoms with Gasteiger partial charge in [-0.1, -0.05) is 18.2 Å². The van der Waals surface area contributed by atoms with Gasteiger partial charge in [-0.3, -0.25) is 14.9 Å². The zero-order valence-corrected chi connectivity index (χ0v) is 15.9. The van der Waals surface area contributed by atoms with E-state index in [4.69, 9.17) is 0 Å². The van der Waals surface area contributed by atoms with Crippen LogP contribution in [0.25, 0.3) is 11.7 Å². The minimum Gasteiger partial charge on any atom is -0.351 e. The highest BCUT2D eigenvalue weighted by atomic mass is 19.1. The van der Waals surface area contributed by atoms with Crippen LogP contribution in [0.2, 0.25) is 0 Å². The van der Waals surface area contributed by atoms with Crippen molar-refractivity contribution in [3.63, 3.8) is 0 Å². The van der Waals surface area contributed by atoms with Gasteiger partial charge >= 0.3 is 0 Å². The SMILES string of the molecule is O=C1C/C(=C\c2cnn3c(NC4CC4)nc(NCc4ccccc4F)nc23)C(=O)N1. The summed E-state index contributed by atoms with van der Waals surface area (Å²) in [5.41, 5.74) is 1.91. The molecule has 3 heterocycles. The van der Waals surface area contributed by atoms with E-state index in [2.05, 4.69) is 31.0 Å². The summed E-state index contributed by atoms with van der Waals surface area (Å²) in [6.45, 7) is 0.215. The quantitative estimate of drug-likeness (QED) is 0.422. The van der Waals surface area contributed by atoms with Gasteiger partial charge in [0.2, 0.25) is 17.8 Å². The van der Waals surface area contributed by atoms with Crippen molar-refractivity contribution in [3.05, 3.63) is 53.0 Å². The maximum Gasteiger partial charge on any atom is 0.254 e. The Morgan fingerprint density at radius 1 is 1.23 bits per heavy atom. The van der Waals surface area contributed by atoms with Crippen LogP contribution in [0, 0.1) is 5.82 Å². The molecule has 10 heteroatoms. The number of anilines is 2. The lowest BCUT2D eigenvalue weighted by molar-refractivity contribution is -0.124. The number of nitrogens with one attached hydrogen (secondary N) is 3. The lowest BCUT2D eigenvalue weighted by Crippen LogP contribution is -2.19. The number of benzene rings is 1. The predicted octanol–water partition coefficient (Wildman–Crippen LogP) is 1.88. The zero-order valence-electron chi connectivity index (χ0n) is 15.9. The monoisotopic (exact) mass is 407 g/mol. The summed E-state index contributed by atoms with van der Waals surface area (Å²) in [7, 11) is 0. The number of rotatable bonds is 6. The summed E-state index contributed by atoms with van der Waals surface area (Å²) in [6.07, 6.45) is 5.30. The van der Waals surface area contributed by atoms with Gasteiger partial charge in [-0.15, -0.1) is 0 Å². The van der Waals surface area contributed by atoms with Gasteiger partial charge in [0.1, 0.15) is 5.82 Å². The summed E-state index contributed by atoms with van der Waals surface area (Å²) in [6, 6.07) is 6.81. The molecule has 2 fully saturated rings. The number of nitrogens with zero attached hydrogens (tertiary/aromatic N) is 4. The molecule has 5 rings (SSSR count). The summed E-state index contributed by atoms with van der Waals surface area (Å²) < 4.78 is 15.5. The molecule has 1 aromatic carbocycles. The van der Waals surface area contributed by atoms with E-state index >= 15 is 0 Å². The van der Waals surface area contributed by atoms with Gasteiger partial charge < -0.3 is 10.6 Å². The van der Waals surface area contributed by atoms with Gasteiger partial charge in [-0.25, -0.2) is 4.39 Å². The van der Waals surface area contributed by atoms with Crippen molar-refractivity contribution in [2.45, 2.75) is 31.8 Å². The molecule has 9 nitrogen and oxygen atoms in total. The normalized spacial score (nSPS) is 17.6. The van der Waals surface area contributed by atoms with Crippen molar-refractivity contribution in [3.8, 4) is 0 Å². The second-order valence-corrected chi connectivity index (χ2v) is 7.29. The molecule has 0 spiro atoms. The number of hydrogen-bond acceptors (Lipinski definition) is 7. The molecule has 1 aliphatic heterocycles. The molecule has 3 N–H and O–H groups in total. The zero-order chi connectivity index (χ0) is 20.7.